The summed E-state index contributed by atoms with van der Waals surface area (Å²) >= 11 is 9.89. The van der Waals surface area contributed by atoms with Crippen LogP contribution in [0.3, 0.4) is 0 Å². The second-order valence-corrected chi connectivity index (χ2v) is 7.81. The Kier molecular flexibility index (Phi) is 4.11. The Morgan fingerprint density at radius 3 is 2.90 bits per heavy atom. The van der Waals surface area contributed by atoms with Crippen LogP contribution in [0.4, 0.5) is 5.13 Å². The third-order valence-electron chi connectivity index (χ3n) is 2.42. The Balaban J connectivity index is 1.70. The third-order valence-corrected chi connectivity index (χ3v) is 5.81. The number of ether oxygens (including phenoxy) is 1. The molecule has 1 aliphatic rings. The second-order valence-electron chi connectivity index (χ2n) is 3.99. The van der Waals surface area contributed by atoms with Gasteiger partial charge in [0.2, 0.25) is 5.13 Å². The lowest BCUT2D eigenvalue weighted by Crippen LogP contribution is -1.99. The second kappa shape index (κ2) is 5.84. The minimum absolute atomic E-state index is 0.158. The molecule has 1 saturated carbocycles. The van der Waals surface area contributed by atoms with Gasteiger partial charge in [-0.3, -0.25) is 0 Å². The molecule has 0 aliphatic heterocycles. The van der Waals surface area contributed by atoms with Crippen molar-refractivity contribution in [3.8, 4) is 0 Å². The molecule has 0 unspecified atom stereocenters. The van der Waals surface area contributed by atoms with Crippen LogP contribution in [0.15, 0.2) is 8.68 Å². The number of thiazole rings is 1. The molecule has 3 rings (SSSR count). The van der Waals surface area contributed by atoms with Crippen LogP contribution >= 0.6 is 46.0 Å². The maximum atomic E-state index is 11.5. The first-order valence-electron chi connectivity index (χ1n) is 5.68. The molecule has 0 amide bonds. The van der Waals surface area contributed by atoms with Crippen molar-refractivity contribution in [2.75, 3.05) is 12.4 Å². The average molecular weight is 349 g/mol. The molecule has 0 aromatic carbocycles. The Morgan fingerprint density at radius 2 is 2.20 bits per heavy atom. The van der Waals surface area contributed by atoms with Crippen molar-refractivity contribution in [3.05, 3.63) is 10.0 Å². The Bertz CT molecular complexity index is 640. The average Bonchev–Trinajstić information content (AvgIpc) is 3.01. The van der Waals surface area contributed by atoms with Crippen LogP contribution in [0, 0.1) is 0 Å². The first kappa shape index (κ1) is 14.1. The van der Waals surface area contributed by atoms with Crippen LogP contribution < -0.4 is 5.32 Å². The number of aromatic nitrogens is 3. The number of rotatable bonds is 5. The normalized spacial score (nSPS) is 14.3. The van der Waals surface area contributed by atoms with E-state index in [1.807, 2.05) is 0 Å². The monoisotopic (exact) mass is 348 g/mol. The standard InChI is InChI=1S/C10H9ClN4O2S3/c1-17-7(16)5-6(11)13-9(18-5)20-10-15-14-8(19-10)12-4-2-3-4/h4H,2-3H2,1H3,(H,12,14). The number of anilines is 1. The fourth-order valence-corrected chi connectivity index (χ4v) is 4.69. The van der Waals surface area contributed by atoms with E-state index in [0.29, 0.717) is 15.3 Å². The van der Waals surface area contributed by atoms with Crippen molar-refractivity contribution >= 4 is 57.1 Å². The van der Waals surface area contributed by atoms with Gasteiger partial charge in [0, 0.05) is 6.04 Å². The fourth-order valence-electron chi connectivity index (χ4n) is 1.33. The SMILES string of the molecule is COC(=O)c1sc(Sc2nnc(NC3CC3)s2)nc1Cl. The number of carbonyl (C=O) groups excluding carboxylic acids is 1. The van der Waals surface area contributed by atoms with Crippen molar-refractivity contribution < 1.29 is 9.53 Å². The summed E-state index contributed by atoms with van der Waals surface area (Å²) in [5.41, 5.74) is 0. The van der Waals surface area contributed by atoms with Crippen molar-refractivity contribution in [2.45, 2.75) is 27.6 Å². The summed E-state index contributed by atoms with van der Waals surface area (Å²) in [6.45, 7) is 0. The van der Waals surface area contributed by atoms with Gasteiger partial charge < -0.3 is 10.1 Å². The predicted molar refractivity (Wildman–Crippen MR) is 79.1 cm³/mol. The van der Waals surface area contributed by atoms with Crippen molar-refractivity contribution in [1.82, 2.24) is 15.2 Å². The van der Waals surface area contributed by atoms with Crippen LogP contribution in [0.25, 0.3) is 0 Å². The lowest BCUT2D eigenvalue weighted by molar-refractivity contribution is 0.0606. The fraction of sp³-hybridized carbons (Fsp3) is 0.400. The summed E-state index contributed by atoms with van der Waals surface area (Å²) in [6, 6.07) is 0.543. The first-order chi connectivity index (χ1) is 9.65. The van der Waals surface area contributed by atoms with Crippen LogP contribution in [0.2, 0.25) is 5.15 Å². The number of methoxy groups -OCH3 is 1. The van der Waals surface area contributed by atoms with Crippen molar-refractivity contribution in [1.29, 1.82) is 0 Å². The summed E-state index contributed by atoms with van der Waals surface area (Å²) in [5.74, 6) is -0.479. The summed E-state index contributed by atoms with van der Waals surface area (Å²) < 4.78 is 6.04. The summed E-state index contributed by atoms with van der Waals surface area (Å²) in [6.07, 6.45) is 2.37. The number of nitrogens with one attached hydrogen (secondary N) is 1. The highest BCUT2D eigenvalue weighted by Gasteiger charge is 2.23. The Labute approximate surface area is 131 Å². The highest BCUT2D eigenvalue weighted by Crippen LogP contribution is 2.38. The number of esters is 1. The van der Waals surface area contributed by atoms with Gasteiger partial charge in [0.05, 0.1) is 7.11 Å². The zero-order valence-corrected chi connectivity index (χ0v) is 13.5. The molecule has 0 radical (unpaired) electrons. The van der Waals surface area contributed by atoms with Gasteiger partial charge in [0.25, 0.3) is 0 Å². The Hall–Kier alpha value is -0.900. The molecule has 1 fully saturated rings. The van der Waals surface area contributed by atoms with Gasteiger partial charge >= 0.3 is 5.97 Å². The van der Waals surface area contributed by atoms with E-state index in [-0.39, 0.29) is 5.15 Å². The van der Waals surface area contributed by atoms with E-state index in [2.05, 4.69) is 25.2 Å². The van der Waals surface area contributed by atoms with E-state index in [9.17, 15) is 4.79 Å². The maximum Gasteiger partial charge on any atom is 0.351 e. The number of hydrogen-bond donors (Lipinski definition) is 1. The molecule has 2 heterocycles. The van der Waals surface area contributed by atoms with Gasteiger partial charge in [-0.15, -0.1) is 10.2 Å². The lowest BCUT2D eigenvalue weighted by atomic mass is 10.6. The smallest absolute Gasteiger partial charge is 0.351 e. The van der Waals surface area contributed by atoms with Gasteiger partial charge in [-0.25, -0.2) is 9.78 Å². The summed E-state index contributed by atoms with van der Waals surface area (Å²) in [5, 5.41) is 12.4. The third kappa shape index (κ3) is 3.22. The number of halogens is 1. The van der Waals surface area contributed by atoms with Crippen LogP contribution in [-0.2, 0) is 4.74 Å². The first-order valence-corrected chi connectivity index (χ1v) is 8.51. The Morgan fingerprint density at radius 1 is 1.40 bits per heavy atom. The number of carbonyl (C=O) groups is 1. The maximum absolute atomic E-state index is 11.5. The van der Waals surface area contributed by atoms with Gasteiger partial charge in [0.15, 0.2) is 18.7 Å². The quantitative estimate of drug-likeness (QED) is 0.831. The number of nitrogens with zero attached hydrogens (tertiary/aromatic N) is 3. The highest BCUT2D eigenvalue weighted by atomic mass is 35.5. The van der Waals surface area contributed by atoms with E-state index < -0.39 is 5.97 Å². The van der Waals surface area contributed by atoms with Crippen LogP contribution in [-0.4, -0.2) is 34.3 Å². The van der Waals surface area contributed by atoms with E-state index in [1.165, 1.54) is 54.4 Å². The van der Waals surface area contributed by atoms with Gasteiger partial charge in [-0.1, -0.05) is 34.3 Å². The molecule has 1 N–H and O–H groups in total. The summed E-state index contributed by atoms with van der Waals surface area (Å²) in [7, 11) is 1.31. The van der Waals surface area contributed by atoms with E-state index in [0.717, 1.165) is 9.47 Å². The molecule has 2 aromatic rings. The molecule has 20 heavy (non-hydrogen) atoms. The summed E-state index contributed by atoms with van der Waals surface area (Å²) in [4.78, 5) is 15.9. The molecule has 0 saturated heterocycles. The van der Waals surface area contributed by atoms with Gasteiger partial charge in [-0.05, 0) is 24.6 Å². The molecular formula is C10H9ClN4O2S3. The van der Waals surface area contributed by atoms with Crippen molar-refractivity contribution in [3.63, 3.8) is 0 Å². The number of hydrogen-bond acceptors (Lipinski definition) is 9. The van der Waals surface area contributed by atoms with Gasteiger partial charge in [0.1, 0.15) is 0 Å². The minimum atomic E-state index is -0.479. The zero-order valence-electron chi connectivity index (χ0n) is 10.3. The molecule has 10 heteroatoms. The van der Waals surface area contributed by atoms with Crippen molar-refractivity contribution in [2.24, 2.45) is 0 Å². The molecule has 2 aromatic heterocycles. The molecule has 0 spiro atoms. The van der Waals surface area contributed by atoms with E-state index in [1.54, 1.807) is 0 Å². The van der Waals surface area contributed by atoms with Gasteiger partial charge in [-0.2, -0.15) is 0 Å². The molecule has 0 atom stereocenters. The predicted octanol–water partition coefficient (Wildman–Crippen LogP) is 3.16. The topological polar surface area (TPSA) is 77.0 Å². The van der Waals surface area contributed by atoms with E-state index >= 15 is 0 Å². The molecule has 106 valence electrons. The lowest BCUT2D eigenvalue weighted by Gasteiger charge is -1.93. The minimum Gasteiger partial charge on any atom is -0.465 e. The van der Waals surface area contributed by atoms with Crippen LogP contribution in [0.5, 0.6) is 0 Å². The highest BCUT2D eigenvalue weighted by molar-refractivity contribution is 8.02. The van der Waals surface area contributed by atoms with E-state index in [4.69, 9.17) is 11.6 Å². The molecule has 6 nitrogen and oxygen atoms in total. The zero-order chi connectivity index (χ0) is 14.1. The van der Waals surface area contributed by atoms with Crippen LogP contribution in [0.1, 0.15) is 22.5 Å². The molecule has 0 bridgehead atoms. The molecular weight excluding hydrogens is 340 g/mol. The largest absolute Gasteiger partial charge is 0.465 e. The molecule has 1 aliphatic carbocycles.